The van der Waals surface area contributed by atoms with Gasteiger partial charge in [0.25, 0.3) is 11.7 Å². The molecule has 1 N–H and O–H groups in total. The number of carbonyl (C=O) groups excluding carboxylic acids is 2. The van der Waals surface area contributed by atoms with Crippen molar-refractivity contribution in [2.24, 2.45) is 0 Å². The van der Waals surface area contributed by atoms with Crippen LogP contribution in [-0.4, -0.2) is 23.9 Å². The molecule has 7 heteroatoms. The molecule has 0 radical (unpaired) electrons. The van der Waals surface area contributed by atoms with Crippen LogP contribution in [0.1, 0.15) is 47.4 Å². The molecule has 2 heterocycles. The maximum Gasteiger partial charge on any atom is 0.300 e. The van der Waals surface area contributed by atoms with E-state index < -0.39 is 17.7 Å². The molecular formula is C26H22N2O4S. The summed E-state index contributed by atoms with van der Waals surface area (Å²) in [7, 11) is 1.58. The third kappa shape index (κ3) is 3.90. The Hall–Kier alpha value is -3.89. The van der Waals surface area contributed by atoms with Gasteiger partial charge in [-0.15, -0.1) is 11.3 Å². The lowest BCUT2D eigenvalue weighted by molar-refractivity contribution is -0.132. The average Bonchev–Trinajstić information content (AvgIpc) is 3.45. The van der Waals surface area contributed by atoms with Crippen LogP contribution in [-0.2, 0) is 9.59 Å². The van der Waals surface area contributed by atoms with E-state index in [1.165, 1.54) is 16.2 Å². The van der Waals surface area contributed by atoms with Crippen LogP contribution >= 0.6 is 11.3 Å². The summed E-state index contributed by atoms with van der Waals surface area (Å²) < 4.78 is 5.43. The van der Waals surface area contributed by atoms with Gasteiger partial charge in [-0.25, -0.2) is 0 Å². The molecule has 1 aromatic heterocycles. The van der Waals surface area contributed by atoms with Crippen molar-refractivity contribution in [3.05, 3.63) is 87.1 Å². The highest BCUT2D eigenvalue weighted by Crippen LogP contribution is 2.44. The molecule has 166 valence electrons. The molecule has 0 spiro atoms. The van der Waals surface area contributed by atoms with E-state index in [9.17, 15) is 14.7 Å². The zero-order valence-corrected chi connectivity index (χ0v) is 19.2. The molecule has 0 aliphatic carbocycles. The van der Waals surface area contributed by atoms with E-state index in [-0.39, 0.29) is 17.3 Å². The third-order valence-electron chi connectivity index (χ3n) is 5.66. The first-order valence-electron chi connectivity index (χ1n) is 10.4. The van der Waals surface area contributed by atoms with Crippen LogP contribution in [0.3, 0.4) is 0 Å². The van der Waals surface area contributed by atoms with Crippen molar-refractivity contribution in [1.29, 1.82) is 5.26 Å². The first kappa shape index (κ1) is 22.3. The number of benzene rings is 2. The molecule has 6 nitrogen and oxygen atoms in total. The van der Waals surface area contributed by atoms with E-state index in [0.717, 1.165) is 10.4 Å². The van der Waals surface area contributed by atoms with Gasteiger partial charge in [0.15, 0.2) is 0 Å². The Bertz CT molecular complexity index is 1280. The summed E-state index contributed by atoms with van der Waals surface area (Å²) in [6.45, 7) is 4.02. The molecule has 0 bridgehead atoms. The number of amides is 1. The van der Waals surface area contributed by atoms with Crippen LogP contribution in [0.25, 0.3) is 5.76 Å². The fourth-order valence-electron chi connectivity index (χ4n) is 4.00. The average molecular weight is 459 g/mol. The summed E-state index contributed by atoms with van der Waals surface area (Å²) in [5.74, 6) is -0.891. The maximum atomic E-state index is 13.2. The lowest BCUT2D eigenvalue weighted by atomic mass is 9.95. The Morgan fingerprint density at radius 1 is 1.15 bits per heavy atom. The molecule has 0 saturated carbocycles. The Morgan fingerprint density at radius 3 is 2.45 bits per heavy atom. The minimum absolute atomic E-state index is 0.0340. The number of Topliss-reactive ketones (excluding diaryl/α,β-unsaturated/α-hetero) is 1. The number of rotatable bonds is 5. The van der Waals surface area contributed by atoms with Crippen LogP contribution in [0.2, 0.25) is 0 Å². The van der Waals surface area contributed by atoms with Crippen molar-refractivity contribution in [2.45, 2.75) is 25.8 Å². The Kier molecular flexibility index (Phi) is 6.03. The Morgan fingerprint density at radius 2 is 1.88 bits per heavy atom. The molecule has 3 aromatic rings. The minimum atomic E-state index is -0.775. The van der Waals surface area contributed by atoms with Crippen molar-refractivity contribution < 1.29 is 19.4 Å². The van der Waals surface area contributed by atoms with Gasteiger partial charge in [0.1, 0.15) is 17.6 Å². The molecule has 1 aliphatic rings. The predicted octanol–water partition coefficient (Wildman–Crippen LogP) is 5.38. The number of hydrogen-bond donors (Lipinski definition) is 1. The Labute approximate surface area is 196 Å². The van der Waals surface area contributed by atoms with Gasteiger partial charge in [0, 0.05) is 16.1 Å². The smallest absolute Gasteiger partial charge is 0.300 e. The molecule has 4 rings (SSSR count). The molecule has 2 aromatic carbocycles. The van der Waals surface area contributed by atoms with E-state index in [4.69, 9.17) is 10.00 Å². The fraction of sp³-hybridized carbons (Fsp3) is 0.192. The highest BCUT2D eigenvalue weighted by molar-refractivity contribution is 7.10. The van der Waals surface area contributed by atoms with Gasteiger partial charge in [-0.2, -0.15) is 5.26 Å². The number of nitriles is 1. The van der Waals surface area contributed by atoms with Gasteiger partial charge >= 0.3 is 0 Å². The van der Waals surface area contributed by atoms with Gasteiger partial charge < -0.3 is 9.84 Å². The summed E-state index contributed by atoms with van der Waals surface area (Å²) in [5, 5.41) is 22.3. The lowest BCUT2D eigenvalue weighted by Crippen LogP contribution is -2.29. The zero-order chi connectivity index (χ0) is 23.7. The molecule has 1 atom stereocenters. The van der Waals surface area contributed by atoms with Crippen molar-refractivity contribution in [2.75, 3.05) is 12.0 Å². The zero-order valence-electron chi connectivity index (χ0n) is 18.4. The monoisotopic (exact) mass is 458 g/mol. The van der Waals surface area contributed by atoms with Crippen LogP contribution < -0.4 is 9.64 Å². The highest BCUT2D eigenvalue weighted by Gasteiger charge is 2.47. The molecular weight excluding hydrogens is 436 g/mol. The first-order valence-corrected chi connectivity index (χ1v) is 11.3. The van der Waals surface area contributed by atoms with E-state index in [0.29, 0.717) is 22.6 Å². The second-order valence-corrected chi connectivity index (χ2v) is 8.93. The minimum Gasteiger partial charge on any atom is -0.507 e. The summed E-state index contributed by atoms with van der Waals surface area (Å²) in [4.78, 5) is 28.5. The molecule has 1 fully saturated rings. The number of hydrogen-bond acceptors (Lipinski definition) is 6. The second-order valence-electron chi connectivity index (χ2n) is 7.95. The van der Waals surface area contributed by atoms with Gasteiger partial charge in [-0.3, -0.25) is 14.5 Å². The number of ether oxygens (including phenoxy) is 1. The van der Waals surface area contributed by atoms with Gasteiger partial charge in [0.05, 0.1) is 24.3 Å². The van der Waals surface area contributed by atoms with E-state index >= 15 is 0 Å². The van der Waals surface area contributed by atoms with Gasteiger partial charge in [0.2, 0.25) is 0 Å². The van der Waals surface area contributed by atoms with Crippen LogP contribution in [0.4, 0.5) is 5.69 Å². The summed E-state index contributed by atoms with van der Waals surface area (Å²) >= 11 is 1.40. The third-order valence-corrected chi connectivity index (χ3v) is 6.58. The number of ketones is 1. The molecule has 1 amide bonds. The van der Waals surface area contributed by atoms with E-state index in [1.54, 1.807) is 49.6 Å². The van der Waals surface area contributed by atoms with E-state index in [1.807, 2.05) is 37.4 Å². The van der Waals surface area contributed by atoms with Crippen molar-refractivity contribution in [1.82, 2.24) is 0 Å². The fourth-order valence-corrected chi connectivity index (χ4v) is 4.82. The molecule has 1 aliphatic heterocycles. The van der Waals surface area contributed by atoms with Crippen molar-refractivity contribution >= 4 is 34.5 Å². The predicted molar refractivity (Wildman–Crippen MR) is 127 cm³/mol. The second kappa shape index (κ2) is 8.93. The number of thiophene rings is 1. The molecule has 33 heavy (non-hydrogen) atoms. The number of anilines is 1. The highest BCUT2D eigenvalue weighted by atomic mass is 32.1. The van der Waals surface area contributed by atoms with Crippen LogP contribution in [0.15, 0.2) is 65.6 Å². The van der Waals surface area contributed by atoms with Gasteiger partial charge in [-0.05, 0) is 65.4 Å². The summed E-state index contributed by atoms with van der Waals surface area (Å²) in [6, 6.07) is 16.6. The number of nitrogens with zero attached hydrogens (tertiary/aromatic N) is 2. The summed E-state index contributed by atoms with van der Waals surface area (Å²) in [6.07, 6.45) is 0. The van der Waals surface area contributed by atoms with Crippen molar-refractivity contribution in [3.63, 3.8) is 0 Å². The number of aliphatic hydroxyl groups excluding tert-OH is 1. The largest absolute Gasteiger partial charge is 0.507 e. The van der Waals surface area contributed by atoms with E-state index in [2.05, 4.69) is 0 Å². The van der Waals surface area contributed by atoms with Gasteiger partial charge in [-0.1, -0.05) is 19.9 Å². The lowest BCUT2D eigenvalue weighted by Gasteiger charge is -2.24. The van der Waals surface area contributed by atoms with Crippen LogP contribution in [0.5, 0.6) is 5.75 Å². The number of aliphatic hydroxyl groups is 1. The standard InChI is InChI=1S/C26H22N2O4S/c1-15(2)19-13-17(8-11-20(19)32-3)24(29)22-23(21-5-4-12-33-21)28(26(31)25(22)30)18-9-6-16(14-27)7-10-18/h4-13,15,23,29H,1-3H3/b24-22-. The number of carbonyl (C=O) groups is 2. The maximum absolute atomic E-state index is 13.2. The first-order chi connectivity index (χ1) is 15.9. The normalized spacial score (nSPS) is 17.4. The van der Waals surface area contributed by atoms with Crippen LogP contribution in [0, 0.1) is 11.3 Å². The molecule has 1 saturated heterocycles. The quantitative estimate of drug-likeness (QED) is 0.315. The SMILES string of the molecule is COc1ccc(/C(O)=C2/C(=O)C(=O)N(c3ccc(C#N)cc3)C2c2cccs2)cc1C(C)C. The van der Waals surface area contributed by atoms with Crippen molar-refractivity contribution in [3.8, 4) is 11.8 Å². The number of methoxy groups -OCH3 is 1. The molecule has 1 unspecified atom stereocenters. The summed E-state index contributed by atoms with van der Waals surface area (Å²) in [5.41, 5.74) is 2.29. The Balaban J connectivity index is 1.90. The topological polar surface area (TPSA) is 90.6 Å².